The summed E-state index contributed by atoms with van der Waals surface area (Å²) in [7, 11) is 0. The molecular weight excluding hydrogens is 306 g/mol. The Balaban J connectivity index is 2.80. The van der Waals surface area contributed by atoms with Crippen LogP contribution in [0.4, 0.5) is 4.79 Å². The van der Waals surface area contributed by atoms with Gasteiger partial charge < -0.3 is 15.4 Å². The molecule has 1 aromatic carbocycles. The van der Waals surface area contributed by atoms with E-state index in [4.69, 9.17) is 10.00 Å². The third kappa shape index (κ3) is 7.63. The summed E-state index contributed by atoms with van der Waals surface area (Å²) in [5, 5.41) is 14.1. The van der Waals surface area contributed by atoms with Crippen molar-refractivity contribution in [3.8, 4) is 6.07 Å². The molecule has 0 aliphatic heterocycles. The molecule has 6 nitrogen and oxygen atoms in total. The number of carbonyl (C=O) groups excluding carboxylic acids is 2. The van der Waals surface area contributed by atoms with Gasteiger partial charge in [-0.1, -0.05) is 30.3 Å². The molecule has 0 aliphatic carbocycles. The number of benzene rings is 1. The molecule has 0 saturated carbocycles. The molecule has 1 aromatic rings. The van der Waals surface area contributed by atoms with E-state index in [1.807, 2.05) is 36.4 Å². The van der Waals surface area contributed by atoms with Gasteiger partial charge in [0.1, 0.15) is 11.6 Å². The van der Waals surface area contributed by atoms with Crippen molar-refractivity contribution in [2.75, 3.05) is 0 Å². The average molecular weight is 331 g/mol. The maximum Gasteiger partial charge on any atom is 0.408 e. The zero-order chi connectivity index (χ0) is 18.2. The maximum absolute atomic E-state index is 12.4. The number of nitriles is 1. The Labute approximate surface area is 143 Å². The molecule has 1 unspecified atom stereocenters. The van der Waals surface area contributed by atoms with Crippen molar-refractivity contribution in [1.82, 2.24) is 10.6 Å². The van der Waals surface area contributed by atoms with E-state index in [2.05, 4.69) is 10.6 Å². The number of nitrogens with zero attached hydrogens (tertiary/aromatic N) is 1. The number of nitrogens with one attached hydrogen (secondary N) is 2. The van der Waals surface area contributed by atoms with Crippen LogP contribution in [0.3, 0.4) is 0 Å². The van der Waals surface area contributed by atoms with E-state index < -0.39 is 17.7 Å². The second-order valence-corrected chi connectivity index (χ2v) is 6.66. The van der Waals surface area contributed by atoms with Gasteiger partial charge in [-0.2, -0.15) is 5.26 Å². The lowest BCUT2D eigenvalue weighted by atomic mass is 10.0. The second kappa shape index (κ2) is 8.92. The van der Waals surface area contributed by atoms with Crippen LogP contribution in [0.2, 0.25) is 0 Å². The number of amides is 2. The van der Waals surface area contributed by atoms with Crippen LogP contribution in [0.25, 0.3) is 0 Å². The normalized spacial score (nSPS) is 13.3. The highest BCUT2D eigenvalue weighted by molar-refractivity contribution is 5.86. The summed E-state index contributed by atoms with van der Waals surface area (Å²) in [5.41, 5.74) is 0.271. The van der Waals surface area contributed by atoms with Crippen LogP contribution in [0.5, 0.6) is 0 Å². The molecule has 0 heterocycles. The predicted octanol–water partition coefficient (Wildman–Crippen LogP) is 2.54. The first-order valence-electron chi connectivity index (χ1n) is 7.92. The van der Waals surface area contributed by atoms with Gasteiger partial charge in [-0.05, 0) is 33.3 Å². The van der Waals surface area contributed by atoms with Crippen molar-refractivity contribution in [1.29, 1.82) is 5.26 Å². The highest BCUT2D eigenvalue weighted by atomic mass is 16.6. The van der Waals surface area contributed by atoms with E-state index in [1.165, 1.54) is 0 Å². The lowest BCUT2D eigenvalue weighted by molar-refractivity contribution is -0.123. The first-order chi connectivity index (χ1) is 11.2. The molecule has 0 aliphatic rings. The summed E-state index contributed by atoms with van der Waals surface area (Å²) in [5.74, 6) is -0.340. The Morgan fingerprint density at radius 2 is 1.83 bits per heavy atom. The maximum atomic E-state index is 12.4. The van der Waals surface area contributed by atoms with Crippen LogP contribution in [0.15, 0.2) is 30.3 Å². The highest BCUT2D eigenvalue weighted by Crippen LogP contribution is 2.09. The molecule has 0 aromatic heterocycles. The number of rotatable bonds is 6. The standard InChI is InChI=1S/C18H25N3O3/c1-13(10-11-19)20-16(22)15(12-14-8-6-5-7-9-14)21-17(23)24-18(2,3)4/h5-9,13,15H,10,12H2,1-4H3,(H,20,22)(H,21,23)/t13?,15-/m0/s1. The SMILES string of the molecule is CC(CC#N)NC(=O)[C@H](Cc1ccccc1)NC(=O)OC(C)(C)C. The Morgan fingerprint density at radius 1 is 1.21 bits per heavy atom. The minimum atomic E-state index is -0.775. The number of alkyl carbamates (subject to hydrolysis) is 1. The predicted molar refractivity (Wildman–Crippen MR) is 91.1 cm³/mol. The third-order valence-electron chi connectivity index (χ3n) is 3.08. The van der Waals surface area contributed by atoms with E-state index in [-0.39, 0.29) is 18.4 Å². The average Bonchev–Trinajstić information content (AvgIpc) is 2.45. The first-order valence-corrected chi connectivity index (χ1v) is 7.92. The molecule has 24 heavy (non-hydrogen) atoms. The Kier molecular flexibility index (Phi) is 7.25. The lowest BCUT2D eigenvalue weighted by Gasteiger charge is -2.24. The van der Waals surface area contributed by atoms with Crippen molar-refractivity contribution >= 4 is 12.0 Å². The molecule has 1 rings (SSSR count). The smallest absolute Gasteiger partial charge is 0.408 e. The number of hydrogen-bond acceptors (Lipinski definition) is 4. The molecule has 0 radical (unpaired) electrons. The van der Waals surface area contributed by atoms with Crippen molar-refractivity contribution in [3.63, 3.8) is 0 Å². The minimum absolute atomic E-state index is 0.205. The van der Waals surface area contributed by atoms with Crippen LogP contribution < -0.4 is 10.6 Å². The topological polar surface area (TPSA) is 91.2 Å². The fraction of sp³-hybridized carbons (Fsp3) is 0.500. The van der Waals surface area contributed by atoms with Gasteiger partial charge in [0.2, 0.25) is 5.91 Å². The van der Waals surface area contributed by atoms with E-state index in [0.717, 1.165) is 5.56 Å². The van der Waals surface area contributed by atoms with Gasteiger partial charge in [0.15, 0.2) is 0 Å². The Morgan fingerprint density at radius 3 is 2.38 bits per heavy atom. The second-order valence-electron chi connectivity index (χ2n) is 6.66. The van der Waals surface area contributed by atoms with E-state index >= 15 is 0 Å². The molecule has 130 valence electrons. The molecule has 0 fully saturated rings. The van der Waals surface area contributed by atoms with Crippen molar-refractivity contribution in [2.45, 2.75) is 58.2 Å². The van der Waals surface area contributed by atoms with Crippen LogP contribution in [-0.4, -0.2) is 29.7 Å². The first kappa shape index (κ1) is 19.5. The summed E-state index contributed by atoms with van der Waals surface area (Å²) in [4.78, 5) is 24.5. The van der Waals surface area contributed by atoms with Crippen LogP contribution >= 0.6 is 0 Å². The number of hydrogen-bond donors (Lipinski definition) is 2. The Hall–Kier alpha value is -2.55. The van der Waals surface area contributed by atoms with Crippen molar-refractivity contribution in [3.05, 3.63) is 35.9 Å². The van der Waals surface area contributed by atoms with Gasteiger partial charge in [0.25, 0.3) is 0 Å². The van der Waals surface area contributed by atoms with Crippen LogP contribution in [-0.2, 0) is 16.0 Å². The zero-order valence-electron chi connectivity index (χ0n) is 14.6. The van der Waals surface area contributed by atoms with Gasteiger partial charge in [-0.25, -0.2) is 4.79 Å². The van der Waals surface area contributed by atoms with Gasteiger partial charge in [-0.15, -0.1) is 0 Å². The van der Waals surface area contributed by atoms with E-state index in [9.17, 15) is 9.59 Å². The fourth-order valence-corrected chi connectivity index (χ4v) is 2.04. The van der Waals surface area contributed by atoms with Crippen molar-refractivity contribution in [2.24, 2.45) is 0 Å². The van der Waals surface area contributed by atoms with Crippen molar-refractivity contribution < 1.29 is 14.3 Å². The molecular formula is C18H25N3O3. The minimum Gasteiger partial charge on any atom is -0.444 e. The summed E-state index contributed by atoms with van der Waals surface area (Å²) in [6.07, 6.45) is -0.104. The van der Waals surface area contributed by atoms with E-state index in [0.29, 0.717) is 6.42 Å². The van der Waals surface area contributed by atoms with Gasteiger partial charge in [0.05, 0.1) is 12.5 Å². The number of ether oxygens (including phenoxy) is 1. The quantitative estimate of drug-likeness (QED) is 0.838. The summed E-state index contributed by atoms with van der Waals surface area (Å²) >= 11 is 0. The Bertz CT molecular complexity index is 588. The summed E-state index contributed by atoms with van der Waals surface area (Å²) < 4.78 is 5.23. The monoisotopic (exact) mass is 331 g/mol. The fourth-order valence-electron chi connectivity index (χ4n) is 2.04. The van der Waals surface area contributed by atoms with Gasteiger partial charge >= 0.3 is 6.09 Å². The van der Waals surface area contributed by atoms with Crippen LogP contribution in [0, 0.1) is 11.3 Å². The molecule has 2 N–H and O–H groups in total. The van der Waals surface area contributed by atoms with E-state index in [1.54, 1.807) is 27.7 Å². The highest BCUT2D eigenvalue weighted by Gasteiger charge is 2.25. The van der Waals surface area contributed by atoms with Gasteiger partial charge in [-0.3, -0.25) is 4.79 Å². The zero-order valence-corrected chi connectivity index (χ0v) is 14.6. The molecule has 6 heteroatoms. The summed E-state index contributed by atoms with van der Waals surface area (Å²) in [6.45, 7) is 7.02. The van der Waals surface area contributed by atoms with Crippen LogP contribution in [0.1, 0.15) is 39.7 Å². The summed E-state index contributed by atoms with van der Waals surface area (Å²) in [6, 6.07) is 10.3. The molecule has 2 amide bonds. The molecule has 0 spiro atoms. The largest absolute Gasteiger partial charge is 0.444 e. The number of carbonyl (C=O) groups is 2. The molecule has 2 atom stereocenters. The lowest BCUT2D eigenvalue weighted by Crippen LogP contribution is -2.51. The molecule has 0 saturated heterocycles. The molecule has 0 bridgehead atoms. The van der Waals surface area contributed by atoms with Gasteiger partial charge in [0, 0.05) is 12.5 Å². The third-order valence-corrected chi connectivity index (χ3v) is 3.08.